The summed E-state index contributed by atoms with van der Waals surface area (Å²) in [7, 11) is 0. The van der Waals surface area contributed by atoms with E-state index in [1.54, 1.807) is 0 Å². The number of aliphatic carboxylic acids is 1. The van der Waals surface area contributed by atoms with Crippen molar-refractivity contribution in [3.8, 4) is 0 Å². The number of hydrogen-bond acceptors (Lipinski definition) is 4. The zero-order chi connectivity index (χ0) is 12.0. The van der Waals surface area contributed by atoms with Crippen molar-refractivity contribution in [3.63, 3.8) is 0 Å². The Morgan fingerprint density at radius 1 is 1.31 bits per heavy atom. The van der Waals surface area contributed by atoms with Crippen LogP contribution >= 0.6 is 11.8 Å². The molecule has 0 amide bonds. The molecule has 0 aliphatic heterocycles. The number of ether oxygens (including phenoxy) is 1. The Kier molecular flexibility index (Phi) is 5.12. The molecular formula is C11H18O4S. The Morgan fingerprint density at radius 2 is 1.94 bits per heavy atom. The van der Waals surface area contributed by atoms with Crippen LogP contribution in [0.1, 0.15) is 39.0 Å². The molecule has 0 aromatic heterocycles. The highest BCUT2D eigenvalue weighted by atomic mass is 32.2. The summed E-state index contributed by atoms with van der Waals surface area (Å²) >= 11 is 1.08. The number of hydrogen-bond donors (Lipinski definition) is 1. The summed E-state index contributed by atoms with van der Waals surface area (Å²) in [5.74, 6) is -0.180. The van der Waals surface area contributed by atoms with Gasteiger partial charge < -0.3 is 9.84 Å². The molecule has 4 nitrogen and oxygen atoms in total. The molecule has 1 saturated carbocycles. The van der Waals surface area contributed by atoms with Crippen molar-refractivity contribution in [2.45, 2.75) is 39.0 Å². The van der Waals surface area contributed by atoms with Crippen molar-refractivity contribution in [2.24, 2.45) is 5.41 Å². The molecule has 1 aliphatic carbocycles. The minimum atomic E-state index is -0.832. The molecule has 1 fully saturated rings. The average Bonchev–Trinajstić information content (AvgIpc) is 2.28. The van der Waals surface area contributed by atoms with Crippen LogP contribution in [-0.2, 0) is 9.53 Å². The van der Waals surface area contributed by atoms with Gasteiger partial charge in [0, 0.05) is 5.75 Å². The van der Waals surface area contributed by atoms with Crippen LogP contribution in [0.15, 0.2) is 0 Å². The monoisotopic (exact) mass is 246 g/mol. The summed E-state index contributed by atoms with van der Waals surface area (Å²) < 4.78 is 5.03. The van der Waals surface area contributed by atoms with Gasteiger partial charge in [0.15, 0.2) is 0 Å². The van der Waals surface area contributed by atoms with Gasteiger partial charge in [-0.25, -0.2) is 4.79 Å². The maximum absolute atomic E-state index is 11.2. The van der Waals surface area contributed by atoms with Crippen molar-refractivity contribution in [1.29, 1.82) is 0 Å². The van der Waals surface area contributed by atoms with E-state index in [0.29, 0.717) is 18.6 Å². The highest BCUT2D eigenvalue weighted by molar-refractivity contribution is 8.13. The third kappa shape index (κ3) is 3.40. The second kappa shape index (κ2) is 6.13. The summed E-state index contributed by atoms with van der Waals surface area (Å²) in [6, 6.07) is 0. The van der Waals surface area contributed by atoms with Crippen LogP contribution in [0.2, 0.25) is 0 Å². The number of carboxylic acids is 1. The van der Waals surface area contributed by atoms with E-state index in [9.17, 15) is 14.7 Å². The summed E-state index contributed by atoms with van der Waals surface area (Å²) in [4.78, 5) is 22.4. The zero-order valence-corrected chi connectivity index (χ0v) is 10.3. The van der Waals surface area contributed by atoms with E-state index in [1.807, 2.05) is 6.92 Å². The Labute approximate surface area is 99.7 Å². The molecule has 1 N–H and O–H groups in total. The first-order valence-electron chi connectivity index (χ1n) is 5.64. The third-order valence-corrected chi connectivity index (χ3v) is 3.64. The third-order valence-electron chi connectivity index (χ3n) is 2.99. The lowest BCUT2D eigenvalue weighted by Crippen LogP contribution is -2.38. The highest BCUT2D eigenvalue weighted by Crippen LogP contribution is 2.37. The topological polar surface area (TPSA) is 63.6 Å². The fourth-order valence-corrected chi connectivity index (χ4v) is 2.38. The standard InChI is InChI=1S/C11H18O4S/c1-2-16-10(14)15-8-11(9(12)13)6-4-3-5-7-11/h2-8H2,1H3,(H,12,13). The van der Waals surface area contributed by atoms with Crippen LogP contribution in [0, 0.1) is 5.41 Å². The van der Waals surface area contributed by atoms with Gasteiger partial charge in [0.2, 0.25) is 0 Å². The number of thioether (sulfide) groups is 1. The van der Waals surface area contributed by atoms with E-state index in [2.05, 4.69) is 0 Å². The SMILES string of the molecule is CCSC(=O)OCC1(C(=O)O)CCCCC1. The second-order valence-electron chi connectivity index (χ2n) is 4.12. The Hall–Kier alpha value is -0.710. The molecule has 1 rings (SSSR count). The largest absolute Gasteiger partial charge is 0.481 e. The molecule has 0 aromatic rings. The van der Waals surface area contributed by atoms with Crippen LogP contribution in [0.5, 0.6) is 0 Å². The lowest BCUT2D eigenvalue weighted by atomic mass is 9.75. The van der Waals surface area contributed by atoms with E-state index in [0.717, 1.165) is 31.0 Å². The minimum absolute atomic E-state index is 0.0220. The molecule has 0 radical (unpaired) electrons. The maximum atomic E-state index is 11.2. The predicted molar refractivity (Wildman–Crippen MR) is 62.6 cm³/mol. The zero-order valence-electron chi connectivity index (χ0n) is 9.53. The molecular weight excluding hydrogens is 228 g/mol. The normalized spacial score (nSPS) is 19.1. The van der Waals surface area contributed by atoms with Gasteiger partial charge >= 0.3 is 11.3 Å². The summed E-state index contributed by atoms with van der Waals surface area (Å²) in [5, 5.41) is 8.87. The van der Waals surface area contributed by atoms with Crippen LogP contribution < -0.4 is 0 Å². The number of carboxylic acid groups (broad SMARTS) is 1. The molecule has 1 aliphatic rings. The predicted octanol–water partition coefficient (Wildman–Crippen LogP) is 2.91. The van der Waals surface area contributed by atoms with Crippen LogP contribution in [0.25, 0.3) is 0 Å². The first kappa shape index (κ1) is 13.4. The molecule has 92 valence electrons. The molecule has 0 aromatic carbocycles. The lowest BCUT2D eigenvalue weighted by molar-refractivity contribution is -0.153. The van der Waals surface area contributed by atoms with Crippen LogP contribution in [-0.4, -0.2) is 28.7 Å². The fourth-order valence-electron chi connectivity index (χ4n) is 2.01. The Bertz CT molecular complexity index is 259. The smallest absolute Gasteiger partial charge is 0.367 e. The van der Waals surface area contributed by atoms with Crippen LogP contribution in [0.3, 0.4) is 0 Å². The minimum Gasteiger partial charge on any atom is -0.481 e. The van der Waals surface area contributed by atoms with Gasteiger partial charge in [0.05, 0.1) is 0 Å². The van der Waals surface area contributed by atoms with Crippen molar-refractivity contribution in [1.82, 2.24) is 0 Å². The molecule has 0 atom stereocenters. The van der Waals surface area contributed by atoms with Gasteiger partial charge in [-0.05, 0) is 24.6 Å². The van der Waals surface area contributed by atoms with Crippen molar-refractivity contribution in [2.75, 3.05) is 12.4 Å². The summed E-state index contributed by atoms with van der Waals surface area (Å²) in [6.07, 6.45) is 4.13. The van der Waals surface area contributed by atoms with E-state index in [-0.39, 0.29) is 11.9 Å². The number of carbonyl (C=O) groups is 2. The van der Waals surface area contributed by atoms with E-state index in [1.165, 1.54) is 0 Å². The number of carbonyl (C=O) groups excluding carboxylic acids is 1. The maximum Gasteiger partial charge on any atom is 0.367 e. The van der Waals surface area contributed by atoms with Gasteiger partial charge in [-0.3, -0.25) is 4.79 Å². The first-order chi connectivity index (χ1) is 7.60. The molecule has 0 bridgehead atoms. The molecule has 0 saturated heterocycles. The van der Waals surface area contributed by atoms with E-state index < -0.39 is 11.4 Å². The van der Waals surface area contributed by atoms with Gasteiger partial charge in [-0.2, -0.15) is 0 Å². The number of rotatable bonds is 4. The van der Waals surface area contributed by atoms with Gasteiger partial charge in [-0.1, -0.05) is 26.2 Å². The lowest BCUT2D eigenvalue weighted by Gasteiger charge is -2.32. The molecule has 0 unspecified atom stereocenters. The van der Waals surface area contributed by atoms with Gasteiger partial charge in [0.25, 0.3) is 0 Å². The fraction of sp³-hybridized carbons (Fsp3) is 0.818. The van der Waals surface area contributed by atoms with Crippen molar-refractivity contribution in [3.05, 3.63) is 0 Å². The van der Waals surface area contributed by atoms with Crippen molar-refractivity contribution >= 4 is 23.0 Å². The van der Waals surface area contributed by atoms with E-state index in [4.69, 9.17) is 4.74 Å². The molecule has 0 heterocycles. The van der Waals surface area contributed by atoms with Gasteiger partial charge in [-0.15, -0.1) is 0 Å². The summed E-state index contributed by atoms with van der Waals surface area (Å²) in [5.41, 5.74) is -0.831. The Balaban J connectivity index is 2.51. The first-order valence-corrected chi connectivity index (χ1v) is 6.62. The molecule has 0 spiro atoms. The average molecular weight is 246 g/mol. The van der Waals surface area contributed by atoms with Gasteiger partial charge in [0.1, 0.15) is 12.0 Å². The Morgan fingerprint density at radius 3 is 2.44 bits per heavy atom. The summed E-state index contributed by atoms with van der Waals surface area (Å²) in [6.45, 7) is 1.88. The van der Waals surface area contributed by atoms with Crippen molar-refractivity contribution < 1.29 is 19.4 Å². The second-order valence-corrected chi connectivity index (χ2v) is 5.32. The quantitative estimate of drug-likeness (QED) is 0.773. The molecule has 16 heavy (non-hydrogen) atoms. The highest BCUT2D eigenvalue weighted by Gasteiger charge is 2.40. The van der Waals surface area contributed by atoms with E-state index >= 15 is 0 Å². The van der Waals surface area contributed by atoms with Crippen LogP contribution in [0.4, 0.5) is 4.79 Å². The molecule has 5 heteroatoms.